The molecule has 6 nitrogen and oxygen atoms in total. The van der Waals surface area contributed by atoms with E-state index in [9.17, 15) is 9.90 Å². The largest absolute Gasteiger partial charge is 0.507 e. The van der Waals surface area contributed by atoms with Crippen LogP contribution >= 0.6 is 11.6 Å². The average Bonchev–Trinajstić information content (AvgIpc) is 3.22. The number of amides is 1. The lowest BCUT2D eigenvalue weighted by molar-refractivity contribution is 0.0723. The molecule has 0 aliphatic carbocycles. The number of aromatic hydroxyl groups is 1. The summed E-state index contributed by atoms with van der Waals surface area (Å²) in [7, 11) is 1.64. The number of aromatic amines is 1. The van der Waals surface area contributed by atoms with E-state index in [0.717, 1.165) is 11.1 Å². The predicted molar refractivity (Wildman–Crippen MR) is 107 cm³/mol. The van der Waals surface area contributed by atoms with E-state index in [1.165, 1.54) is 0 Å². The van der Waals surface area contributed by atoms with Crippen LogP contribution in [0.15, 0.2) is 48.5 Å². The molecule has 2 heterocycles. The molecule has 1 amide bonds. The van der Waals surface area contributed by atoms with E-state index in [4.69, 9.17) is 16.3 Å². The molecule has 0 bridgehead atoms. The Kier molecular flexibility index (Phi) is 5.07. The molecule has 3 aromatic rings. The third kappa shape index (κ3) is 3.15. The van der Waals surface area contributed by atoms with Crippen molar-refractivity contribution in [3.8, 4) is 17.0 Å². The van der Waals surface area contributed by atoms with Crippen molar-refractivity contribution < 1.29 is 14.6 Å². The summed E-state index contributed by atoms with van der Waals surface area (Å²) in [6, 6.07) is 14.1. The minimum Gasteiger partial charge on any atom is -0.507 e. The number of halogens is 1. The summed E-state index contributed by atoms with van der Waals surface area (Å²) in [5, 5.41) is 18.2. The molecule has 0 unspecified atom stereocenters. The summed E-state index contributed by atoms with van der Waals surface area (Å²) >= 11 is 6.23. The maximum atomic E-state index is 13.1. The van der Waals surface area contributed by atoms with Gasteiger partial charge in [0.1, 0.15) is 17.1 Å². The zero-order valence-electron chi connectivity index (χ0n) is 15.4. The number of ether oxygens (including phenoxy) is 1. The Bertz CT molecular complexity index is 1020. The van der Waals surface area contributed by atoms with Crippen LogP contribution in [0.4, 0.5) is 0 Å². The SMILES string of the molecule is COCCCN1C(=O)c2[nH]nc(-c3ccccc3O)c2[C@H]1c1cccc(Cl)c1. The first-order chi connectivity index (χ1) is 13.6. The lowest BCUT2D eigenvalue weighted by atomic mass is 9.95. The van der Waals surface area contributed by atoms with E-state index in [0.29, 0.717) is 41.5 Å². The third-order valence-electron chi connectivity index (χ3n) is 4.93. The highest BCUT2D eigenvalue weighted by Crippen LogP contribution is 2.44. The van der Waals surface area contributed by atoms with E-state index in [1.54, 1.807) is 36.3 Å². The van der Waals surface area contributed by atoms with E-state index in [-0.39, 0.29) is 17.7 Å². The van der Waals surface area contributed by atoms with Gasteiger partial charge in [0, 0.05) is 36.4 Å². The first kappa shape index (κ1) is 18.5. The maximum absolute atomic E-state index is 13.1. The fraction of sp³-hybridized carbons (Fsp3) is 0.238. The minimum absolute atomic E-state index is 0.118. The van der Waals surface area contributed by atoms with Gasteiger partial charge in [-0.3, -0.25) is 9.89 Å². The smallest absolute Gasteiger partial charge is 0.273 e. The van der Waals surface area contributed by atoms with Crippen molar-refractivity contribution in [1.29, 1.82) is 0 Å². The van der Waals surface area contributed by atoms with Gasteiger partial charge in [-0.25, -0.2) is 0 Å². The molecular formula is C21H20ClN3O3. The molecule has 1 aliphatic heterocycles. The van der Waals surface area contributed by atoms with Gasteiger partial charge in [0.25, 0.3) is 5.91 Å². The topological polar surface area (TPSA) is 78.5 Å². The maximum Gasteiger partial charge on any atom is 0.273 e. The second-order valence-corrected chi connectivity index (χ2v) is 7.12. The molecule has 0 spiro atoms. The lowest BCUT2D eigenvalue weighted by Gasteiger charge is -2.26. The summed E-state index contributed by atoms with van der Waals surface area (Å²) in [6.45, 7) is 1.09. The highest BCUT2D eigenvalue weighted by atomic mass is 35.5. The van der Waals surface area contributed by atoms with Crippen LogP contribution < -0.4 is 0 Å². The van der Waals surface area contributed by atoms with Gasteiger partial charge in [0.15, 0.2) is 0 Å². The molecule has 2 aromatic carbocycles. The number of H-pyrrole nitrogens is 1. The van der Waals surface area contributed by atoms with Crippen LogP contribution in [0.5, 0.6) is 5.75 Å². The van der Waals surface area contributed by atoms with Crippen LogP contribution in [0, 0.1) is 0 Å². The van der Waals surface area contributed by atoms with Gasteiger partial charge in [-0.05, 0) is 36.2 Å². The molecule has 144 valence electrons. The van der Waals surface area contributed by atoms with Gasteiger partial charge in [0.05, 0.1) is 6.04 Å². The number of phenolic OH excluding ortho intramolecular Hbond substituents is 1. The number of carbonyl (C=O) groups excluding carboxylic acids is 1. The molecule has 0 fully saturated rings. The van der Waals surface area contributed by atoms with E-state index >= 15 is 0 Å². The van der Waals surface area contributed by atoms with Crippen LogP contribution in [0.2, 0.25) is 5.02 Å². The summed E-state index contributed by atoms with van der Waals surface area (Å²) < 4.78 is 5.15. The molecule has 4 rings (SSSR count). The van der Waals surface area contributed by atoms with Crippen molar-refractivity contribution in [2.45, 2.75) is 12.5 Å². The van der Waals surface area contributed by atoms with Crippen molar-refractivity contribution in [2.24, 2.45) is 0 Å². The molecule has 28 heavy (non-hydrogen) atoms. The Balaban J connectivity index is 1.85. The standard InChI is InChI=1S/C21H20ClN3O3/c1-28-11-5-10-25-20(13-6-4-7-14(22)12-13)17-18(23-24-19(17)21(25)27)15-8-2-3-9-16(15)26/h2-4,6-9,12,20,26H,5,10-11H2,1H3,(H,23,24)/t20-/m1/s1. The van der Waals surface area contributed by atoms with E-state index < -0.39 is 0 Å². The van der Waals surface area contributed by atoms with Crippen LogP contribution in [0.25, 0.3) is 11.3 Å². The Hall–Kier alpha value is -2.83. The van der Waals surface area contributed by atoms with E-state index in [2.05, 4.69) is 10.2 Å². The van der Waals surface area contributed by atoms with Crippen molar-refractivity contribution in [3.05, 3.63) is 70.4 Å². The van der Waals surface area contributed by atoms with Crippen LogP contribution in [-0.4, -0.2) is 46.4 Å². The lowest BCUT2D eigenvalue weighted by Crippen LogP contribution is -2.31. The molecular weight excluding hydrogens is 378 g/mol. The number of fused-ring (bicyclic) bond motifs is 1. The Morgan fingerprint density at radius 2 is 2.07 bits per heavy atom. The summed E-state index contributed by atoms with van der Waals surface area (Å²) in [5.74, 6) is -0.00262. The van der Waals surface area contributed by atoms with E-state index in [1.807, 2.05) is 24.3 Å². The van der Waals surface area contributed by atoms with Gasteiger partial charge >= 0.3 is 0 Å². The Morgan fingerprint density at radius 1 is 1.25 bits per heavy atom. The van der Waals surface area contributed by atoms with Gasteiger partial charge in [-0.2, -0.15) is 5.10 Å². The zero-order chi connectivity index (χ0) is 19.7. The van der Waals surface area contributed by atoms with Crippen LogP contribution in [0.1, 0.15) is 34.1 Å². The zero-order valence-corrected chi connectivity index (χ0v) is 16.1. The fourth-order valence-electron chi connectivity index (χ4n) is 3.71. The fourth-order valence-corrected chi connectivity index (χ4v) is 3.91. The molecule has 2 N–H and O–H groups in total. The molecule has 1 aliphatic rings. The molecule has 0 saturated carbocycles. The first-order valence-electron chi connectivity index (χ1n) is 9.03. The number of para-hydroxylation sites is 1. The quantitative estimate of drug-likeness (QED) is 0.616. The van der Waals surface area contributed by atoms with Crippen molar-refractivity contribution in [2.75, 3.05) is 20.3 Å². The number of carbonyl (C=O) groups is 1. The normalized spacial score (nSPS) is 15.9. The Labute approximate surface area is 167 Å². The number of aromatic nitrogens is 2. The number of nitrogens with one attached hydrogen (secondary N) is 1. The number of phenols is 1. The second kappa shape index (κ2) is 7.66. The predicted octanol–water partition coefficient (Wildman–Crippen LogP) is 4.02. The Morgan fingerprint density at radius 3 is 2.82 bits per heavy atom. The highest BCUT2D eigenvalue weighted by molar-refractivity contribution is 6.30. The summed E-state index contributed by atoms with van der Waals surface area (Å²) in [5.41, 5.74) is 3.25. The molecule has 1 atom stereocenters. The molecule has 0 radical (unpaired) electrons. The van der Waals surface area contributed by atoms with Crippen LogP contribution in [-0.2, 0) is 4.74 Å². The molecule has 7 heteroatoms. The first-order valence-corrected chi connectivity index (χ1v) is 9.41. The van der Waals surface area contributed by atoms with Gasteiger partial charge in [-0.15, -0.1) is 0 Å². The van der Waals surface area contributed by atoms with Gasteiger partial charge in [-0.1, -0.05) is 35.9 Å². The van der Waals surface area contributed by atoms with Gasteiger partial charge < -0.3 is 14.7 Å². The number of hydrogen-bond donors (Lipinski definition) is 2. The monoisotopic (exact) mass is 397 g/mol. The van der Waals surface area contributed by atoms with Crippen molar-refractivity contribution in [3.63, 3.8) is 0 Å². The highest BCUT2D eigenvalue weighted by Gasteiger charge is 2.42. The number of hydrogen-bond acceptors (Lipinski definition) is 4. The minimum atomic E-state index is -0.341. The third-order valence-corrected chi connectivity index (χ3v) is 5.17. The number of benzene rings is 2. The molecule has 0 saturated heterocycles. The number of nitrogens with zero attached hydrogens (tertiary/aromatic N) is 2. The average molecular weight is 398 g/mol. The summed E-state index contributed by atoms with van der Waals surface area (Å²) in [6.07, 6.45) is 0.711. The second-order valence-electron chi connectivity index (χ2n) is 6.68. The summed E-state index contributed by atoms with van der Waals surface area (Å²) in [4.78, 5) is 14.9. The van der Waals surface area contributed by atoms with Crippen molar-refractivity contribution in [1.82, 2.24) is 15.1 Å². The van der Waals surface area contributed by atoms with Crippen molar-refractivity contribution >= 4 is 17.5 Å². The van der Waals surface area contributed by atoms with Crippen LogP contribution in [0.3, 0.4) is 0 Å². The number of methoxy groups -OCH3 is 1. The van der Waals surface area contributed by atoms with Gasteiger partial charge in [0.2, 0.25) is 0 Å². The molecule has 1 aromatic heterocycles. The number of rotatable bonds is 6.